The smallest absolute Gasteiger partial charge is 0.243 e. The molecule has 33 heavy (non-hydrogen) atoms. The summed E-state index contributed by atoms with van der Waals surface area (Å²) in [5, 5.41) is 4.09. The zero-order valence-electron chi connectivity index (χ0n) is 19.2. The Morgan fingerprint density at radius 2 is 1.73 bits per heavy atom. The number of aromatic nitrogens is 2. The van der Waals surface area contributed by atoms with Crippen LogP contribution in [0.15, 0.2) is 42.5 Å². The highest BCUT2D eigenvalue weighted by Gasteiger charge is 2.35. The zero-order valence-corrected chi connectivity index (χ0v) is 20.0. The standard InChI is InChI=1S/C27H32ClN3O2/c1-33-22-15-16-23-24(17-22)31(26(30-23)19-11-13-20(28)14-12-19)25(18-7-3-2-4-8-18)27(32)29-21-9-5-6-10-21/h11-18,21,25H,2-10H2,1H3,(H,29,32). The van der Waals surface area contributed by atoms with Gasteiger partial charge in [0.15, 0.2) is 0 Å². The molecule has 0 aliphatic heterocycles. The number of carbonyl (C=O) groups is 1. The first-order valence-electron chi connectivity index (χ1n) is 12.3. The second-order valence-corrected chi connectivity index (χ2v) is 9.94. The second-order valence-electron chi connectivity index (χ2n) is 9.50. The number of fused-ring (bicyclic) bond motifs is 1. The molecule has 0 bridgehead atoms. The fourth-order valence-corrected chi connectivity index (χ4v) is 5.76. The summed E-state index contributed by atoms with van der Waals surface area (Å²) in [6.45, 7) is 0. The van der Waals surface area contributed by atoms with Gasteiger partial charge in [0.05, 0.1) is 18.1 Å². The molecule has 2 aromatic carbocycles. The number of nitrogens with zero attached hydrogens (tertiary/aromatic N) is 2. The summed E-state index contributed by atoms with van der Waals surface area (Å²) in [7, 11) is 1.67. The van der Waals surface area contributed by atoms with E-state index in [1.165, 1.54) is 32.1 Å². The largest absolute Gasteiger partial charge is 0.497 e. The highest BCUT2D eigenvalue weighted by molar-refractivity contribution is 6.30. The van der Waals surface area contributed by atoms with Crippen LogP contribution in [0.25, 0.3) is 22.4 Å². The molecule has 5 nitrogen and oxygen atoms in total. The number of ether oxygens (including phenoxy) is 1. The Bertz CT molecular complexity index is 1110. The lowest BCUT2D eigenvalue weighted by molar-refractivity contribution is -0.126. The molecule has 2 aliphatic rings. The molecule has 2 aliphatic carbocycles. The van der Waals surface area contributed by atoms with E-state index in [-0.39, 0.29) is 23.9 Å². The average molecular weight is 466 g/mol. The SMILES string of the molecule is COc1ccc2nc(-c3ccc(Cl)cc3)n(C(C(=O)NC3CCCC3)C3CCCCC3)c2c1. The van der Waals surface area contributed by atoms with Gasteiger partial charge in [-0.15, -0.1) is 0 Å². The van der Waals surface area contributed by atoms with Gasteiger partial charge in [-0.3, -0.25) is 4.79 Å². The maximum Gasteiger partial charge on any atom is 0.243 e. The van der Waals surface area contributed by atoms with Gasteiger partial charge in [0.25, 0.3) is 0 Å². The van der Waals surface area contributed by atoms with Crippen LogP contribution >= 0.6 is 11.6 Å². The van der Waals surface area contributed by atoms with Crippen molar-refractivity contribution < 1.29 is 9.53 Å². The number of hydrogen-bond acceptors (Lipinski definition) is 3. The van der Waals surface area contributed by atoms with Crippen molar-refractivity contribution in [3.8, 4) is 17.1 Å². The van der Waals surface area contributed by atoms with Crippen molar-refractivity contribution in [3.63, 3.8) is 0 Å². The van der Waals surface area contributed by atoms with Gasteiger partial charge in [-0.05, 0) is 68.0 Å². The first kappa shape index (κ1) is 22.3. The average Bonchev–Trinajstić information content (AvgIpc) is 3.48. The summed E-state index contributed by atoms with van der Waals surface area (Å²) in [5.74, 6) is 2.00. The Morgan fingerprint density at radius 1 is 1.03 bits per heavy atom. The van der Waals surface area contributed by atoms with E-state index in [9.17, 15) is 4.79 Å². The molecular formula is C27H32ClN3O2. The van der Waals surface area contributed by atoms with E-state index in [2.05, 4.69) is 9.88 Å². The normalized spacial score (nSPS) is 18.5. The summed E-state index contributed by atoms with van der Waals surface area (Å²) in [6, 6.07) is 13.7. The molecule has 5 rings (SSSR count). The summed E-state index contributed by atoms with van der Waals surface area (Å²) < 4.78 is 7.72. The van der Waals surface area contributed by atoms with Gasteiger partial charge < -0.3 is 14.6 Å². The number of benzene rings is 2. The van der Waals surface area contributed by atoms with Crippen molar-refractivity contribution in [1.82, 2.24) is 14.9 Å². The lowest BCUT2D eigenvalue weighted by Gasteiger charge is -2.32. The third-order valence-corrected chi connectivity index (χ3v) is 7.60. The number of nitrogens with one attached hydrogen (secondary N) is 1. The van der Waals surface area contributed by atoms with E-state index in [4.69, 9.17) is 21.3 Å². The number of imidazole rings is 1. The molecule has 1 unspecified atom stereocenters. The van der Waals surface area contributed by atoms with E-state index in [1.807, 2.05) is 42.5 Å². The zero-order chi connectivity index (χ0) is 22.8. The van der Waals surface area contributed by atoms with Crippen LogP contribution in [0.2, 0.25) is 5.02 Å². The molecule has 3 aromatic rings. The van der Waals surface area contributed by atoms with Crippen molar-refractivity contribution >= 4 is 28.5 Å². The van der Waals surface area contributed by atoms with Crippen LogP contribution in [0.5, 0.6) is 5.75 Å². The number of amides is 1. The van der Waals surface area contributed by atoms with Crippen LogP contribution in [-0.4, -0.2) is 28.6 Å². The van der Waals surface area contributed by atoms with Crippen LogP contribution < -0.4 is 10.1 Å². The molecule has 6 heteroatoms. The summed E-state index contributed by atoms with van der Waals surface area (Å²) >= 11 is 6.18. The summed E-state index contributed by atoms with van der Waals surface area (Å²) in [6.07, 6.45) is 10.3. The molecular weight excluding hydrogens is 434 g/mol. The molecule has 1 heterocycles. The Morgan fingerprint density at radius 3 is 2.42 bits per heavy atom. The Kier molecular flexibility index (Phi) is 6.59. The monoisotopic (exact) mass is 465 g/mol. The van der Waals surface area contributed by atoms with Crippen molar-refractivity contribution in [2.75, 3.05) is 7.11 Å². The molecule has 1 amide bonds. The molecule has 174 valence electrons. The van der Waals surface area contributed by atoms with Gasteiger partial charge in [-0.2, -0.15) is 0 Å². The van der Waals surface area contributed by atoms with E-state index >= 15 is 0 Å². The maximum absolute atomic E-state index is 13.9. The molecule has 1 N–H and O–H groups in total. The van der Waals surface area contributed by atoms with Crippen molar-refractivity contribution in [2.24, 2.45) is 5.92 Å². The minimum absolute atomic E-state index is 0.131. The van der Waals surface area contributed by atoms with Gasteiger partial charge in [0.1, 0.15) is 17.6 Å². The highest BCUT2D eigenvalue weighted by Crippen LogP contribution is 2.39. The summed E-state index contributed by atoms with van der Waals surface area (Å²) in [4.78, 5) is 18.9. The topological polar surface area (TPSA) is 56.2 Å². The predicted octanol–water partition coefficient (Wildman–Crippen LogP) is 6.55. The Labute approximate surface area is 200 Å². The quantitative estimate of drug-likeness (QED) is 0.449. The van der Waals surface area contributed by atoms with Crippen molar-refractivity contribution in [3.05, 3.63) is 47.5 Å². The van der Waals surface area contributed by atoms with E-state index in [0.29, 0.717) is 5.02 Å². The van der Waals surface area contributed by atoms with Gasteiger partial charge in [0, 0.05) is 22.7 Å². The lowest BCUT2D eigenvalue weighted by Crippen LogP contribution is -2.42. The van der Waals surface area contributed by atoms with Crippen LogP contribution in [0.4, 0.5) is 0 Å². The third kappa shape index (κ3) is 4.61. The van der Waals surface area contributed by atoms with Crippen LogP contribution in [0.1, 0.15) is 63.8 Å². The Hall–Kier alpha value is -2.53. The van der Waals surface area contributed by atoms with Gasteiger partial charge in [-0.25, -0.2) is 4.98 Å². The fraction of sp³-hybridized carbons (Fsp3) is 0.481. The molecule has 1 aromatic heterocycles. The highest BCUT2D eigenvalue weighted by atomic mass is 35.5. The molecule has 2 fully saturated rings. The lowest BCUT2D eigenvalue weighted by atomic mass is 9.83. The van der Waals surface area contributed by atoms with Crippen molar-refractivity contribution in [1.29, 1.82) is 0 Å². The molecule has 2 saturated carbocycles. The number of carbonyl (C=O) groups excluding carboxylic acids is 1. The summed E-state index contributed by atoms with van der Waals surface area (Å²) in [5.41, 5.74) is 2.77. The molecule has 0 radical (unpaired) electrons. The Balaban J connectivity index is 1.66. The molecule has 0 saturated heterocycles. The van der Waals surface area contributed by atoms with Crippen LogP contribution in [-0.2, 0) is 4.79 Å². The first-order valence-corrected chi connectivity index (χ1v) is 12.6. The predicted molar refractivity (Wildman–Crippen MR) is 133 cm³/mol. The maximum atomic E-state index is 13.9. The molecule has 1 atom stereocenters. The van der Waals surface area contributed by atoms with Gasteiger partial charge in [-0.1, -0.05) is 43.7 Å². The minimum Gasteiger partial charge on any atom is -0.497 e. The van der Waals surface area contributed by atoms with Crippen molar-refractivity contribution in [2.45, 2.75) is 69.9 Å². The number of methoxy groups -OCH3 is 1. The third-order valence-electron chi connectivity index (χ3n) is 7.34. The number of hydrogen-bond donors (Lipinski definition) is 1. The van der Waals surface area contributed by atoms with E-state index in [0.717, 1.165) is 53.9 Å². The van der Waals surface area contributed by atoms with Crippen LogP contribution in [0, 0.1) is 5.92 Å². The van der Waals surface area contributed by atoms with Crippen LogP contribution in [0.3, 0.4) is 0 Å². The van der Waals surface area contributed by atoms with E-state index in [1.54, 1.807) is 7.11 Å². The first-order chi connectivity index (χ1) is 16.1. The van der Waals surface area contributed by atoms with Gasteiger partial charge >= 0.3 is 0 Å². The van der Waals surface area contributed by atoms with Gasteiger partial charge in [0.2, 0.25) is 5.91 Å². The minimum atomic E-state index is -0.298. The fourth-order valence-electron chi connectivity index (χ4n) is 5.63. The molecule has 0 spiro atoms. The number of rotatable bonds is 6. The second kappa shape index (κ2) is 9.76. The number of halogens is 1. The van der Waals surface area contributed by atoms with E-state index < -0.39 is 0 Å².